The average molecular weight is 373 g/mol. The van der Waals surface area contributed by atoms with Gasteiger partial charge in [-0.25, -0.2) is 0 Å². The Bertz CT molecular complexity index is 734. The maximum Gasteiger partial charge on any atom is 0.233 e. The summed E-state index contributed by atoms with van der Waals surface area (Å²) in [6.07, 6.45) is 0. The maximum absolute atomic E-state index is 12.2. The van der Waals surface area contributed by atoms with Gasteiger partial charge in [0.1, 0.15) is 5.82 Å². The molecule has 1 aromatic carbocycles. The van der Waals surface area contributed by atoms with Crippen molar-refractivity contribution < 1.29 is 9.59 Å². The van der Waals surface area contributed by atoms with Crippen molar-refractivity contribution in [1.29, 1.82) is 0 Å². The topological polar surface area (TPSA) is 96.0 Å². The fourth-order valence-corrected chi connectivity index (χ4v) is 2.98. The lowest BCUT2D eigenvalue weighted by atomic mass is 10.3. The highest BCUT2D eigenvalue weighted by atomic mass is 32.2. The van der Waals surface area contributed by atoms with Gasteiger partial charge in [-0.3, -0.25) is 9.59 Å². The Labute approximate surface area is 157 Å². The molecule has 1 atom stereocenters. The summed E-state index contributed by atoms with van der Waals surface area (Å²) in [5.74, 6) is 0.549. The molecule has 3 N–H and O–H groups in total. The van der Waals surface area contributed by atoms with Crippen LogP contribution in [0.25, 0.3) is 0 Å². The van der Waals surface area contributed by atoms with Crippen molar-refractivity contribution in [3.63, 3.8) is 0 Å². The van der Waals surface area contributed by atoms with Crippen molar-refractivity contribution in [1.82, 2.24) is 15.5 Å². The Kier molecular flexibility index (Phi) is 7.40. The summed E-state index contributed by atoms with van der Waals surface area (Å²) in [5, 5.41) is 16.5. The Balaban J connectivity index is 1.71. The molecule has 0 bridgehead atoms. The van der Waals surface area contributed by atoms with Gasteiger partial charge >= 0.3 is 0 Å². The highest BCUT2D eigenvalue weighted by Gasteiger charge is 2.13. The Morgan fingerprint density at radius 2 is 1.81 bits per heavy atom. The Morgan fingerprint density at radius 3 is 2.42 bits per heavy atom. The normalized spacial score (nSPS) is 11.5. The smallest absolute Gasteiger partial charge is 0.233 e. The molecule has 8 heteroatoms. The van der Waals surface area contributed by atoms with Gasteiger partial charge in [0.25, 0.3) is 0 Å². The number of amides is 2. The molecule has 0 unspecified atom stereocenters. The molecule has 0 spiro atoms. The summed E-state index contributed by atoms with van der Waals surface area (Å²) in [5.41, 5.74) is 1.60. The quantitative estimate of drug-likeness (QED) is 0.486. The SMILES string of the molecule is CC(=O)Nc1ccc(S[C@@H](C)C(=O)NCCNc2ccc(C)nn2)cc1. The van der Waals surface area contributed by atoms with Crippen LogP contribution >= 0.6 is 11.8 Å². The summed E-state index contributed by atoms with van der Waals surface area (Å²) >= 11 is 1.47. The van der Waals surface area contributed by atoms with Crippen molar-refractivity contribution in [2.45, 2.75) is 30.9 Å². The summed E-state index contributed by atoms with van der Waals surface area (Å²) < 4.78 is 0. The van der Waals surface area contributed by atoms with Crippen LogP contribution in [0.2, 0.25) is 0 Å². The van der Waals surface area contributed by atoms with Gasteiger partial charge in [0.05, 0.1) is 10.9 Å². The number of thioether (sulfide) groups is 1. The van der Waals surface area contributed by atoms with Crippen molar-refractivity contribution in [2.24, 2.45) is 0 Å². The monoisotopic (exact) mass is 373 g/mol. The number of hydrogen-bond acceptors (Lipinski definition) is 6. The standard InChI is InChI=1S/C18H23N5O2S/c1-12-4-9-17(23-22-12)19-10-11-20-18(25)13(2)26-16-7-5-15(6-8-16)21-14(3)24/h4-9,13H,10-11H2,1-3H3,(H,19,23)(H,20,25)(H,21,24)/t13-/m0/s1. The van der Waals surface area contributed by atoms with Crippen LogP contribution in [0.5, 0.6) is 0 Å². The molecular formula is C18H23N5O2S. The lowest BCUT2D eigenvalue weighted by Gasteiger charge is -2.13. The molecule has 1 aromatic heterocycles. The summed E-state index contributed by atoms with van der Waals surface area (Å²) in [6.45, 7) is 6.28. The van der Waals surface area contributed by atoms with Gasteiger partial charge in [0, 0.05) is 30.6 Å². The second-order valence-electron chi connectivity index (χ2n) is 5.74. The number of benzene rings is 1. The van der Waals surface area contributed by atoms with E-state index in [1.807, 2.05) is 50.2 Å². The molecule has 0 aliphatic heterocycles. The van der Waals surface area contributed by atoms with Crippen LogP contribution in [0.15, 0.2) is 41.3 Å². The lowest BCUT2D eigenvalue weighted by Crippen LogP contribution is -2.34. The van der Waals surface area contributed by atoms with E-state index in [0.717, 1.165) is 16.3 Å². The van der Waals surface area contributed by atoms with E-state index < -0.39 is 0 Å². The molecule has 138 valence electrons. The van der Waals surface area contributed by atoms with Gasteiger partial charge in [-0.1, -0.05) is 0 Å². The average Bonchev–Trinajstić information content (AvgIpc) is 2.61. The first-order valence-corrected chi connectivity index (χ1v) is 9.18. The van der Waals surface area contributed by atoms with E-state index >= 15 is 0 Å². The Hall–Kier alpha value is -2.61. The van der Waals surface area contributed by atoms with E-state index in [1.165, 1.54) is 18.7 Å². The molecule has 0 radical (unpaired) electrons. The zero-order valence-electron chi connectivity index (χ0n) is 15.1. The second kappa shape index (κ2) is 9.76. The third-order valence-electron chi connectivity index (χ3n) is 3.38. The summed E-state index contributed by atoms with van der Waals surface area (Å²) in [6, 6.07) is 11.1. The molecule has 7 nitrogen and oxygen atoms in total. The molecule has 0 saturated carbocycles. The summed E-state index contributed by atoms with van der Waals surface area (Å²) in [4.78, 5) is 24.2. The fraction of sp³-hybridized carbons (Fsp3) is 0.333. The predicted molar refractivity (Wildman–Crippen MR) is 104 cm³/mol. The van der Waals surface area contributed by atoms with Crippen LogP contribution in [0.1, 0.15) is 19.5 Å². The number of anilines is 2. The molecule has 1 heterocycles. The van der Waals surface area contributed by atoms with Gasteiger partial charge in [-0.15, -0.1) is 16.9 Å². The molecule has 2 rings (SSSR count). The van der Waals surface area contributed by atoms with Gasteiger partial charge in [0.2, 0.25) is 11.8 Å². The molecular weight excluding hydrogens is 350 g/mol. The van der Waals surface area contributed by atoms with E-state index in [9.17, 15) is 9.59 Å². The number of carbonyl (C=O) groups is 2. The van der Waals surface area contributed by atoms with Crippen molar-refractivity contribution >= 4 is 35.1 Å². The van der Waals surface area contributed by atoms with Crippen LogP contribution in [0.4, 0.5) is 11.5 Å². The minimum Gasteiger partial charge on any atom is -0.367 e. The van der Waals surface area contributed by atoms with E-state index in [2.05, 4.69) is 26.1 Å². The van der Waals surface area contributed by atoms with Crippen LogP contribution in [-0.4, -0.2) is 40.4 Å². The third-order valence-corrected chi connectivity index (χ3v) is 4.50. The van der Waals surface area contributed by atoms with Gasteiger partial charge in [-0.05, 0) is 50.2 Å². The highest BCUT2D eigenvalue weighted by molar-refractivity contribution is 8.00. The molecule has 0 fully saturated rings. The van der Waals surface area contributed by atoms with Crippen molar-refractivity contribution in [2.75, 3.05) is 23.7 Å². The van der Waals surface area contributed by atoms with E-state index in [1.54, 1.807) is 0 Å². The number of aromatic nitrogens is 2. The van der Waals surface area contributed by atoms with Crippen LogP contribution < -0.4 is 16.0 Å². The molecule has 0 aliphatic rings. The number of nitrogens with one attached hydrogen (secondary N) is 3. The number of carbonyl (C=O) groups excluding carboxylic acids is 2. The maximum atomic E-state index is 12.2. The number of aryl methyl sites for hydroxylation is 1. The minimum atomic E-state index is -0.221. The van der Waals surface area contributed by atoms with E-state index in [0.29, 0.717) is 18.9 Å². The number of rotatable bonds is 8. The van der Waals surface area contributed by atoms with E-state index in [4.69, 9.17) is 0 Å². The first-order chi connectivity index (χ1) is 12.4. The number of nitrogens with zero attached hydrogens (tertiary/aromatic N) is 2. The predicted octanol–water partition coefficient (Wildman–Crippen LogP) is 2.45. The zero-order valence-corrected chi connectivity index (χ0v) is 15.9. The highest BCUT2D eigenvalue weighted by Crippen LogP contribution is 2.24. The Morgan fingerprint density at radius 1 is 1.08 bits per heavy atom. The van der Waals surface area contributed by atoms with Gasteiger partial charge < -0.3 is 16.0 Å². The molecule has 0 aliphatic carbocycles. The van der Waals surface area contributed by atoms with Crippen molar-refractivity contribution in [3.05, 3.63) is 42.1 Å². The van der Waals surface area contributed by atoms with Crippen LogP contribution in [0, 0.1) is 6.92 Å². The van der Waals surface area contributed by atoms with Crippen LogP contribution in [0.3, 0.4) is 0 Å². The lowest BCUT2D eigenvalue weighted by molar-refractivity contribution is -0.120. The summed E-state index contributed by atoms with van der Waals surface area (Å²) in [7, 11) is 0. The first-order valence-electron chi connectivity index (χ1n) is 8.30. The second-order valence-corrected chi connectivity index (χ2v) is 7.16. The first kappa shape index (κ1) is 19.7. The third kappa shape index (κ3) is 6.72. The van der Waals surface area contributed by atoms with Gasteiger partial charge in [-0.2, -0.15) is 5.10 Å². The van der Waals surface area contributed by atoms with Crippen LogP contribution in [-0.2, 0) is 9.59 Å². The van der Waals surface area contributed by atoms with E-state index in [-0.39, 0.29) is 17.1 Å². The molecule has 26 heavy (non-hydrogen) atoms. The minimum absolute atomic E-state index is 0.0299. The van der Waals surface area contributed by atoms with Crippen molar-refractivity contribution in [3.8, 4) is 0 Å². The molecule has 0 saturated heterocycles. The van der Waals surface area contributed by atoms with Gasteiger partial charge in [0.15, 0.2) is 0 Å². The number of hydrogen-bond donors (Lipinski definition) is 3. The molecule has 2 aromatic rings. The fourth-order valence-electron chi connectivity index (χ4n) is 2.09. The zero-order chi connectivity index (χ0) is 18.9. The molecule has 2 amide bonds. The largest absolute Gasteiger partial charge is 0.367 e.